The van der Waals surface area contributed by atoms with Crippen LogP contribution in [0.25, 0.3) is 0 Å². The van der Waals surface area contributed by atoms with Crippen molar-refractivity contribution in [2.45, 2.75) is 6.10 Å². The van der Waals surface area contributed by atoms with E-state index in [1.165, 1.54) is 18.2 Å². The molecule has 3 rings (SSSR count). The average Bonchev–Trinajstić information content (AvgIpc) is 2.51. The quantitative estimate of drug-likeness (QED) is 0.635. The summed E-state index contributed by atoms with van der Waals surface area (Å²) >= 11 is 0. The van der Waals surface area contributed by atoms with Crippen molar-refractivity contribution in [3.8, 4) is 5.75 Å². The van der Waals surface area contributed by atoms with Gasteiger partial charge >= 0.3 is 0 Å². The number of nitrogens with zero attached hydrogens (tertiary/aromatic N) is 3. The molecule has 22 heavy (non-hydrogen) atoms. The predicted molar refractivity (Wildman–Crippen MR) is 77.7 cm³/mol. The van der Waals surface area contributed by atoms with Crippen molar-refractivity contribution in [1.82, 2.24) is 9.88 Å². The Hall–Kier alpha value is -2.96. The molecule has 7 heteroatoms. The van der Waals surface area contributed by atoms with Gasteiger partial charge in [-0.25, -0.2) is 0 Å². The summed E-state index contributed by atoms with van der Waals surface area (Å²) in [6, 6.07) is 9.32. The van der Waals surface area contributed by atoms with E-state index >= 15 is 0 Å². The molecule has 112 valence electrons. The Balaban J connectivity index is 1.59. The summed E-state index contributed by atoms with van der Waals surface area (Å²) in [7, 11) is 0. The molecule has 1 aliphatic heterocycles. The Labute approximate surface area is 126 Å². The van der Waals surface area contributed by atoms with E-state index in [0.29, 0.717) is 24.4 Å². The van der Waals surface area contributed by atoms with E-state index in [-0.39, 0.29) is 17.7 Å². The molecule has 0 radical (unpaired) electrons. The molecule has 1 amide bonds. The van der Waals surface area contributed by atoms with Crippen LogP contribution >= 0.6 is 0 Å². The molecular weight excluding hydrogens is 286 g/mol. The maximum absolute atomic E-state index is 12.2. The van der Waals surface area contributed by atoms with E-state index < -0.39 is 4.92 Å². The lowest BCUT2D eigenvalue weighted by atomic mass is 10.1. The summed E-state index contributed by atoms with van der Waals surface area (Å²) in [6.07, 6.45) is 3.20. The zero-order chi connectivity index (χ0) is 15.5. The summed E-state index contributed by atoms with van der Waals surface area (Å²) in [5.74, 6) is 0.435. The van der Waals surface area contributed by atoms with Gasteiger partial charge in [0.05, 0.1) is 24.2 Å². The third-order valence-electron chi connectivity index (χ3n) is 3.38. The maximum atomic E-state index is 12.2. The van der Waals surface area contributed by atoms with Gasteiger partial charge in [-0.15, -0.1) is 0 Å². The SMILES string of the molecule is O=C(c1cccc([N+](=O)[O-])c1)N1CC(Oc2cccnc2)C1. The van der Waals surface area contributed by atoms with Crippen molar-refractivity contribution < 1.29 is 14.5 Å². The molecule has 0 saturated carbocycles. The van der Waals surface area contributed by atoms with Crippen molar-refractivity contribution >= 4 is 11.6 Å². The molecule has 1 aromatic carbocycles. The number of carbonyl (C=O) groups is 1. The second-order valence-corrected chi connectivity index (χ2v) is 4.95. The first-order chi connectivity index (χ1) is 10.6. The standard InChI is InChI=1S/C15H13N3O4/c19-15(11-3-1-4-12(7-11)18(20)21)17-9-14(10-17)22-13-5-2-6-16-8-13/h1-8,14H,9-10H2. The lowest BCUT2D eigenvalue weighted by molar-refractivity contribution is -0.384. The highest BCUT2D eigenvalue weighted by Gasteiger charge is 2.33. The normalized spacial score (nSPS) is 14.3. The van der Waals surface area contributed by atoms with Crippen molar-refractivity contribution in [2.75, 3.05) is 13.1 Å². The Morgan fingerprint density at radius 1 is 1.32 bits per heavy atom. The van der Waals surface area contributed by atoms with Gasteiger partial charge in [0.15, 0.2) is 0 Å². The van der Waals surface area contributed by atoms with Gasteiger partial charge in [0.25, 0.3) is 11.6 Å². The number of amides is 1. The van der Waals surface area contributed by atoms with Crippen LogP contribution in [0.5, 0.6) is 5.75 Å². The summed E-state index contributed by atoms with van der Waals surface area (Å²) in [6.45, 7) is 0.910. The van der Waals surface area contributed by atoms with Gasteiger partial charge in [-0.3, -0.25) is 19.9 Å². The number of benzene rings is 1. The Morgan fingerprint density at radius 2 is 2.14 bits per heavy atom. The molecule has 0 unspecified atom stereocenters. The highest BCUT2D eigenvalue weighted by molar-refractivity contribution is 5.95. The van der Waals surface area contributed by atoms with Crippen molar-refractivity contribution in [3.05, 3.63) is 64.5 Å². The van der Waals surface area contributed by atoms with Crippen LogP contribution < -0.4 is 4.74 Å². The molecular formula is C15H13N3O4. The minimum absolute atomic E-state index is 0.0770. The predicted octanol–water partition coefficient (Wildman–Crippen LogP) is 1.89. The lowest BCUT2D eigenvalue weighted by Crippen LogP contribution is -2.56. The molecule has 1 aromatic heterocycles. The summed E-state index contributed by atoms with van der Waals surface area (Å²) < 4.78 is 5.66. The van der Waals surface area contributed by atoms with E-state index in [0.717, 1.165) is 0 Å². The zero-order valence-corrected chi connectivity index (χ0v) is 11.6. The van der Waals surface area contributed by atoms with Crippen LogP contribution in [0.1, 0.15) is 10.4 Å². The molecule has 0 bridgehead atoms. The molecule has 0 aliphatic carbocycles. The van der Waals surface area contributed by atoms with Crippen molar-refractivity contribution in [1.29, 1.82) is 0 Å². The van der Waals surface area contributed by atoms with E-state index in [1.54, 1.807) is 35.5 Å². The Morgan fingerprint density at radius 3 is 2.82 bits per heavy atom. The topological polar surface area (TPSA) is 85.6 Å². The number of nitro groups is 1. The third kappa shape index (κ3) is 2.88. The van der Waals surface area contributed by atoms with Crippen LogP contribution in [-0.2, 0) is 0 Å². The van der Waals surface area contributed by atoms with Gasteiger partial charge in [-0.2, -0.15) is 0 Å². The fraction of sp³-hybridized carbons (Fsp3) is 0.200. The summed E-state index contributed by atoms with van der Waals surface area (Å²) in [5.41, 5.74) is 0.226. The summed E-state index contributed by atoms with van der Waals surface area (Å²) in [4.78, 5) is 28.0. The summed E-state index contributed by atoms with van der Waals surface area (Å²) in [5, 5.41) is 10.7. The molecule has 1 fully saturated rings. The molecule has 0 spiro atoms. The van der Waals surface area contributed by atoms with Gasteiger partial charge in [0.2, 0.25) is 0 Å². The number of likely N-dealkylation sites (tertiary alicyclic amines) is 1. The van der Waals surface area contributed by atoms with Gasteiger partial charge < -0.3 is 9.64 Å². The van der Waals surface area contributed by atoms with E-state index in [2.05, 4.69) is 4.98 Å². The minimum atomic E-state index is -0.513. The van der Waals surface area contributed by atoms with Crippen molar-refractivity contribution in [2.24, 2.45) is 0 Å². The number of carbonyl (C=O) groups excluding carboxylic acids is 1. The molecule has 2 heterocycles. The number of nitro benzene ring substituents is 1. The highest BCUT2D eigenvalue weighted by atomic mass is 16.6. The first-order valence-electron chi connectivity index (χ1n) is 6.74. The number of pyridine rings is 1. The fourth-order valence-corrected chi connectivity index (χ4v) is 2.22. The monoisotopic (exact) mass is 299 g/mol. The number of ether oxygens (including phenoxy) is 1. The highest BCUT2D eigenvalue weighted by Crippen LogP contribution is 2.21. The van der Waals surface area contributed by atoms with Crippen LogP contribution in [0.15, 0.2) is 48.8 Å². The van der Waals surface area contributed by atoms with Gasteiger partial charge in [-0.1, -0.05) is 6.07 Å². The Kier molecular flexibility index (Phi) is 3.69. The second-order valence-electron chi connectivity index (χ2n) is 4.95. The molecule has 7 nitrogen and oxygen atoms in total. The smallest absolute Gasteiger partial charge is 0.270 e. The third-order valence-corrected chi connectivity index (χ3v) is 3.38. The van der Waals surface area contributed by atoms with E-state index in [1.807, 2.05) is 0 Å². The number of aromatic nitrogens is 1. The van der Waals surface area contributed by atoms with Crippen LogP contribution in [0, 0.1) is 10.1 Å². The fourth-order valence-electron chi connectivity index (χ4n) is 2.22. The Bertz CT molecular complexity index is 699. The first-order valence-corrected chi connectivity index (χ1v) is 6.74. The van der Waals surface area contributed by atoms with Crippen LogP contribution in [0.4, 0.5) is 5.69 Å². The molecule has 1 aliphatic rings. The van der Waals surface area contributed by atoms with Crippen molar-refractivity contribution in [3.63, 3.8) is 0 Å². The number of hydrogen-bond donors (Lipinski definition) is 0. The number of hydrogen-bond acceptors (Lipinski definition) is 5. The average molecular weight is 299 g/mol. The maximum Gasteiger partial charge on any atom is 0.270 e. The van der Waals surface area contributed by atoms with Crippen LogP contribution in [-0.4, -0.2) is 39.9 Å². The molecule has 1 saturated heterocycles. The molecule has 2 aromatic rings. The zero-order valence-electron chi connectivity index (χ0n) is 11.6. The minimum Gasteiger partial charge on any atom is -0.485 e. The largest absolute Gasteiger partial charge is 0.485 e. The van der Waals surface area contributed by atoms with Gasteiger partial charge in [0.1, 0.15) is 11.9 Å². The number of non-ortho nitro benzene ring substituents is 1. The first kappa shape index (κ1) is 14.0. The molecule has 0 N–H and O–H groups in total. The van der Waals surface area contributed by atoms with Crippen LogP contribution in [0.2, 0.25) is 0 Å². The van der Waals surface area contributed by atoms with E-state index in [4.69, 9.17) is 4.74 Å². The second kappa shape index (κ2) is 5.80. The van der Waals surface area contributed by atoms with Gasteiger partial charge in [0, 0.05) is 23.9 Å². The lowest BCUT2D eigenvalue weighted by Gasteiger charge is -2.38. The van der Waals surface area contributed by atoms with E-state index in [9.17, 15) is 14.9 Å². The van der Waals surface area contributed by atoms with Gasteiger partial charge in [-0.05, 0) is 18.2 Å². The molecule has 0 atom stereocenters. The number of rotatable bonds is 4. The van der Waals surface area contributed by atoms with Crippen LogP contribution in [0.3, 0.4) is 0 Å².